The van der Waals surface area contributed by atoms with Gasteiger partial charge in [0, 0.05) is 43.7 Å². The molecule has 0 bridgehead atoms. The van der Waals surface area contributed by atoms with Crippen molar-refractivity contribution >= 4 is 23.5 Å². The standard InChI is InChI=1S/C19H24ClNO4/c20-15-4-2-14(3-5-15)16-11-21(12-17(16)19(23)24)18(22)6-1-13-7-9-25-10-8-13/h2-5,13,16-17H,1,6-12H2,(H,23,24)/t16-,17+/m0/s1. The fraction of sp³-hybridized carbons (Fsp3) is 0.579. The van der Waals surface area contributed by atoms with Crippen molar-refractivity contribution < 1.29 is 19.4 Å². The van der Waals surface area contributed by atoms with Crippen LogP contribution in [0.15, 0.2) is 24.3 Å². The molecule has 6 heteroatoms. The lowest BCUT2D eigenvalue weighted by Crippen LogP contribution is -2.30. The summed E-state index contributed by atoms with van der Waals surface area (Å²) < 4.78 is 5.35. The molecule has 0 aliphatic carbocycles. The summed E-state index contributed by atoms with van der Waals surface area (Å²) >= 11 is 5.92. The van der Waals surface area contributed by atoms with Crippen LogP contribution in [0, 0.1) is 11.8 Å². The van der Waals surface area contributed by atoms with Crippen LogP contribution in [-0.2, 0) is 14.3 Å². The second-order valence-corrected chi connectivity index (χ2v) is 7.43. The van der Waals surface area contributed by atoms with E-state index in [2.05, 4.69) is 0 Å². The highest BCUT2D eigenvalue weighted by Crippen LogP contribution is 2.34. The molecule has 1 amide bonds. The number of halogens is 1. The second kappa shape index (κ2) is 8.19. The average Bonchev–Trinajstić information content (AvgIpc) is 3.07. The van der Waals surface area contributed by atoms with Gasteiger partial charge in [-0.05, 0) is 42.9 Å². The number of hydrogen-bond acceptors (Lipinski definition) is 3. The van der Waals surface area contributed by atoms with E-state index in [1.165, 1.54) is 0 Å². The van der Waals surface area contributed by atoms with Crippen molar-refractivity contribution in [1.29, 1.82) is 0 Å². The second-order valence-electron chi connectivity index (χ2n) is 7.00. The summed E-state index contributed by atoms with van der Waals surface area (Å²) in [4.78, 5) is 25.9. The molecule has 25 heavy (non-hydrogen) atoms. The fourth-order valence-electron chi connectivity index (χ4n) is 3.83. The maximum absolute atomic E-state index is 12.6. The van der Waals surface area contributed by atoms with E-state index in [4.69, 9.17) is 16.3 Å². The molecular formula is C19H24ClNO4. The Kier molecular flexibility index (Phi) is 5.97. The quantitative estimate of drug-likeness (QED) is 0.870. The monoisotopic (exact) mass is 365 g/mol. The largest absolute Gasteiger partial charge is 0.481 e. The zero-order valence-corrected chi connectivity index (χ0v) is 15.0. The van der Waals surface area contributed by atoms with Crippen molar-refractivity contribution in [3.05, 3.63) is 34.9 Å². The third-order valence-electron chi connectivity index (χ3n) is 5.40. The Labute approximate surface area is 152 Å². The molecule has 1 aromatic rings. The molecule has 1 aromatic carbocycles. The average molecular weight is 366 g/mol. The molecule has 2 saturated heterocycles. The van der Waals surface area contributed by atoms with Gasteiger partial charge in [-0.25, -0.2) is 0 Å². The number of carbonyl (C=O) groups is 2. The normalized spacial score (nSPS) is 24.4. The Bertz CT molecular complexity index is 612. The van der Waals surface area contributed by atoms with Gasteiger partial charge in [0.25, 0.3) is 0 Å². The number of ether oxygens (including phenoxy) is 1. The number of aliphatic carboxylic acids is 1. The summed E-state index contributed by atoms with van der Waals surface area (Å²) in [6.45, 7) is 2.31. The van der Waals surface area contributed by atoms with Crippen LogP contribution in [0.5, 0.6) is 0 Å². The SMILES string of the molecule is O=C(O)[C@@H]1CN(C(=O)CCC2CCOCC2)C[C@H]1c1ccc(Cl)cc1. The van der Waals surface area contributed by atoms with Crippen molar-refractivity contribution in [2.24, 2.45) is 11.8 Å². The Hall–Kier alpha value is -1.59. The van der Waals surface area contributed by atoms with Gasteiger partial charge in [-0.15, -0.1) is 0 Å². The van der Waals surface area contributed by atoms with E-state index in [9.17, 15) is 14.7 Å². The van der Waals surface area contributed by atoms with Crippen molar-refractivity contribution in [3.63, 3.8) is 0 Å². The highest BCUT2D eigenvalue weighted by molar-refractivity contribution is 6.30. The topological polar surface area (TPSA) is 66.8 Å². The van der Waals surface area contributed by atoms with Crippen LogP contribution < -0.4 is 0 Å². The Morgan fingerprint density at radius 3 is 2.48 bits per heavy atom. The molecule has 3 rings (SSSR count). The molecule has 136 valence electrons. The lowest BCUT2D eigenvalue weighted by Gasteiger charge is -2.23. The number of rotatable bonds is 5. The third kappa shape index (κ3) is 4.53. The predicted octanol–water partition coefficient (Wildman–Crippen LogP) is 3.17. The maximum atomic E-state index is 12.6. The number of carboxylic acids is 1. The molecule has 0 aromatic heterocycles. The predicted molar refractivity (Wildman–Crippen MR) is 94.7 cm³/mol. The minimum absolute atomic E-state index is 0.0641. The van der Waals surface area contributed by atoms with E-state index in [-0.39, 0.29) is 18.4 Å². The molecule has 0 unspecified atom stereocenters. The van der Waals surface area contributed by atoms with Crippen LogP contribution >= 0.6 is 11.6 Å². The van der Waals surface area contributed by atoms with Gasteiger partial charge in [0.05, 0.1) is 5.92 Å². The number of hydrogen-bond donors (Lipinski definition) is 1. The summed E-state index contributed by atoms with van der Waals surface area (Å²) in [5.74, 6) is -0.980. The summed E-state index contributed by atoms with van der Waals surface area (Å²) in [7, 11) is 0. The smallest absolute Gasteiger partial charge is 0.308 e. The molecule has 0 spiro atoms. The number of nitrogens with zero attached hydrogens (tertiary/aromatic N) is 1. The van der Waals surface area contributed by atoms with Crippen molar-refractivity contribution in [1.82, 2.24) is 4.90 Å². The third-order valence-corrected chi connectivity index (χ3v) is 5.65. The minimum atomic E-state index is -0.848. The van der Waals surface area contributed by atoms with Crippen LogP contribution in [0.2, 0.25) is 5.02 Å². The Balaban J connectivity index is 1.61. The number of amides is 1. The van der Waals surface area contributed by atoms with E-state index in [1.54, 1.807) is 17.0 Å². The first-order valence-corrected chi connectivity index (χ1v) is 9.26. The van der Waals surface area contributed by atoms with E-state index < -0.39 is 11.9 Å². The van der Waals surface area contributed by atoms with E-state index in [1.807, 2.05) is 12.1 Å². The molecule has 2 heterocycles. The molecule has 2 aliphatic heterocycles. The van der Waals surface area contributed by atoms with Gasteiger partial charge in [0.15, 0.2) is 0 Å². The summed E-state index contributed by atoms with van der Waals surface area (Å²) in [5.41, 5.74) is 0.927. The zero-order chi connectivity index (χ0) is 17.8. The van der Waals surface area contributed by atoms with Gasteiger partial charge in [-0.2, -0.15) is 0 Å². The zero-order valence-electron chi connectivity index (χ0n) is 14.2. The molecule has 2 atom stereocenters. The van der Waals surface area contributed by atoms with Gasteiger partial charge >= 0.3 is 5.97 Å². The van der Waals surface area contributed by atoms with Crippen molar-refractivity contribution in [2.45, 2.75) is 31.6 Å². The number of carbonyl (C=O) groups excluding carboxylic acids is 1. The lowest BCUT2D eigenvalue weighted by atomic mass is 9.89. The highest BCUT2D eigenvalue weighted by atomic mass is 35.5. The number of carboxylic acid groups (broad SMARTS) is 1. The van der Waals surface area contributed by atoms with Crippen LogP contribution in [0.3, 0.4) is 0 Å². The van der Waals surface area contributed by atoms with Gasteiger partial charge in [0.2, 0.25) is 5.91 Å². The van der Waals surface area contributed by atoms with Crippen LogP contribution in [0.4, 0.5) is 0 Å². The van der Waals surface area contributed by atoms with Gasteiger partial charge in [0.1, 0.15) is 0 Å². The summed E-state index contributed by atoms with van der Waals surface area (Å²) in [6, 6.07) is 7.26. The van der Waals surface area contributed by atoms with E-state index >= 15 is 0 Å². The molecule has 2 fully saturated rings. The number of likely N-dealkylation sites (tertiary alicyclic amines) is 1. The molecule has 5 nitrogen and oxygen atoms in total. The first-order valence-electron chi connectivity index (χ1n) is 8.88. The highest BCUT2D eigenvalue weighted by Gasteiger charge is 2.40. The molecule has 0 radical (unpaired) electrons. The Morgan fingerprint density at radius 2 is 1.84 bits per heavy atom. The summed E-state index contributed by atoms with van der Waals surface area (Å²) in [5, 5.41) is 10.2. The van der Waals surface area contributed by atoms with Crippen molar-refractivity contribution in [3.8, 4) is 0 Å². The van der Waals surface area contributed by atoms with Gasteiger partial charge in [-0.1, -0.05) is 23.7 Å². The van der Waals surface area contributed by atoms with Crippen LogP contribution in [0.25, 0.3) is 0 Å². The molecule has 1 N–H and O–H groups in total. The van der Waals surface area contributed by atoms with E-state index in [0.29, 0.717) is 23.9 Å². The molecule has 0 saturated carbocycles. The van der Waals surface area contributed by atoms with E-state index in [0.717, 1.165) is 38.0 Å². The maximum Gasteiger partial charge on any atom is 0.308 e. The first-order chi connectivity index (χ1) is 12.0. The fourth-order valence-corrected chi connectivity index (χ4v) is 3.95. The lowest BCUT2D eigenvalue weighted by molar-refractivity contribution is -0.141. The Morgan fingerprint density at radius 1 is 1.16 bits per heavy atom. The van der Waals surface area contributed by atoms with Crippen molar-refractivity contribution in [2.75, 3.05) is 26.3 Å². The molecule has 2 aliphatic rings. The van der Waals surface area contributed by atoms with Gasteiger partial charge < -0.3 is 14.7 Å². The minimum Gasteiger partial charge on any atom is -0.481 e. The first kappa shape index (κ1) is 18.2. The molecular weight excluding hydrogens is 342 g/mol. The summed E-state index contributed by atoms with van der Waals surface area (Å²) in [6.07, 6.45) is 3.38. The number of benzene rings is 1. The van der Waals surface area contributed by atoms with Crippen LogP contribution in [-0.4, -0.2) is 48.2 Å². The van der Waals surface area contributed by atoms with Crippen LogP contribution in [0.1, 0.15) is 37.2 Å². The van der Waals surface area contributed by atoms with Gasteiger partial charge in [-0.3, -0.25) is 9.59 Å².